The summed E-state index contributed by atoms with van der Waals surface area (Å²) in [7, 11) is 0. The van der Waals surface area contributed by atoms with Gasteiger partial charge in [-0.25, -0.2) is 0 Å². The van der Waals surface area contributed by atoms with E-state index in [4.69, 9.17) is 4.74 Å². The quantitative estimate of drug-likeness (QED) is 0.690. The fraction of sp³-hybridized carbons (Fsp3) is 1.00. The van der Waals surface area contributed by atoms with Crippen LogP contribution in [0.5, 0.6) is 0 Å². The summed E-state index contributed by atoms with van der Waals surface area (Å²) in [5.74, 6) is 0. The number of nitrogens with zero attached hydrogens (tertiary/aromatic N) is 1. The zero-order valence-corrected chi connectivity index (χ0v) is 11.8. The maximum atomic E-state index is 12.1. The van der Waals surface area contributed by atoms with Crippen LogP contribution in [0.3, 0.4) is 0 Å². The van der Waals surface area contributed by atoms with E-state index in [-0.39, 0.29) is 22.8 Å². The van der Waals surface area contributed by atoms with Crippen LogP contribution in [-0.2, 0) is 9.94 Å². The molecule has 0 aromatic heterocycles. The van der Waals surface area contributed by atoms with Gasteiger partial charge in [0, 0.05) is 11.1 Å². The highest BCUT2D eigenvalue weighted by molar-refractivity contribution is 4.97. The van der Waals surface area contributed by atoms with Gasteiger partial charge in [-0.3, -0.25) is 0 Å². The lowest BCUT2D eigenvalue weighted by atomic mass is 9.80. The minimum atomic E-state index is -0.336. The second-order valence-corrected chi connectivity index (χ2v) is 7.18. The van der Waals surface area contributed by atoms with Crippen molar-refractivity contribution < 1.29 is 9.94 Å². The van der Waals surface area contributed by atoms with E-state index in [0.29, 0.717) is 0 Å². The molecule has 1 fully saturated rings. The molecule has 0 bridgehead atoms. The van der Waals surface area contributed by atoms with Crippen LogP contribution in [0, 0.1) is 0 Å². The molecule has 0 amide bonds. The van der Waals surface area contributed by atoms with E-state index in [9.17, 15) is 5.21 Å². The zero-order valence-electron chi connectivity index (χ0n) is 11.8. The van der Waals surface area contributed by atoms with Gasteiger partial charge in [-0.15, -0.1) is 10.3 Å². The number of hydroxylamine groups is 2. The first-order valence-electron chi connectivity index (χ1n) is 6.09. The van der Waals surface area contributed by atoms with Crippen LogP contribution >= 0.6 is 0 Å². The second-order valence-electron chi connectivity index (χ2n) is 7.18. The molecule has 1 radical (unpaired) electrons. The zero-order chi connectivity index (χ0) is 12.8. The molecule has 3 heteroatoms. The molecular weight excluding hydrogens is 202 g/mol. The average Bonchev–Trinajstić information content (AvgIpc) is 1.95. The highest BCUT2D eigenvalue weighted by atomic mass is 16.5. The Kier molecular flexibility index (Phi) is 3.46. The van der Waals surface area contributed by atoms with Gasteiger partial charge >= 0.3 is 0 Å². The molecule has 0 N–H and O–H groups in total. The maximum absolute atomic E-state index is 12.1. The van der Waals surface area contributed by atoms with Crippen molar-refractivity contribution in [1.29, 1.82) is 0 Å². The minimum absolute atomic E-state index is 0.137. The summed E-state index contributed by atoms with van der Waals surface area (Å²) in [5, 5.41) is 13.4. The Hall–Kier alpha value is -0.120. The van der Waals surface area contributed by atoms with Crippen molar-refractivity contribution in [2.45, 2.75) is 84.1 Å². The molecule has 0 spiro atoms. The molecule has 1 saturated heterocycles. The van der Waals surface area contributed by atoms with Crippen LogP contribution in [0.25, 0.3) is 0 Å². The smallest absolute Gasteiger partial charge is 0.0618 e. The summed E-state index contributed by atoms with van der Waals surface area (Å²) in [4.78, 5) is 0. The van der Waals surface area contributed by atoms with Crippen LogP contribution < -0.4 is 0 Å². The first-order chi connectivity index (χ1) is 6.94. The summed E-state index contributed by atoms with van der Waals surface area (Å²) >= 11 is 0. The van der Waals surface area contributed by atoms with Gasteiger partial charge in [-0.1, -0.05) is 0 Å². The van der Waals surface area contributed by atoms with Crippen molar-refractivity contribution in [2.24, 2.45) is 0 Å². The van der Waals surface area contributed by atoms with Gasteiger partial charge in [0.25, 0.3) is 0 Å². The van der Waals surface area contributed by atoms with E-state index in [1.807, 2.05) is 27.7 Å². The molecule has 0 aromatic rings. The normalized spacial score (nSPS) is 27.0. The molecule has 0 aliphatic carbocycles. The Morgan fingerprint density at radius 3 is 1.75 bits per heavy atom. The predicted octanol–water partition coefficient (Wildman–Crippen LogP) is 3.17. The first-order valence-corrected chi connectivity index (χ1v) is 6.09. The molecule has 16 heavy (non-hydrogen) atoms. The Labute approximate surface area is 99.7 Å². The fourth-order valence-electron chi connectivity index (χ4n) is 2.75. The van der Waals surface area contributed by atoms with Crippen molar-refractivity contribution in [1.82, 2.24) is 5.06 Å². The summed E-state index contributed by atoms with van der Waals surface area (Å²) in [5.41, 5.74) is -0.808. The first kappa shape index (κ1) is 13.9. The molecule has 1 aliphatic rings. The number of piperidine rings is 1. The Morgan fingerprint density at radius 2 is 1.44 bits per heavy atom. The van der Waals surface area contributed by atoms with Crippen molar-refractivity contribution in [3.05, 3.63) is 0 Å². The monoisotopic (exact) mass is 228 g/mol. The van der Waals surface area contributed by atoms with Crippen LogP contribution in [0.4, 0.5) is 0 Å². The summed E-state index contributed by atoms with van der Waals surface area (Å²) in [6, 6.07) is 0. The molecule has 1 aliphatic heterocycles. The lowest BCUT2D eigenvalue weighted by Gasteiger charge is -2.50. The number of hydrogen-bond acceptors (Lipinski definition) is 2. The van der Waals surface area contributed by atoms with Crippen LogP contribution in [0.1, 0.15) is 61.3 Å². The molecular formula is C13H26NO2. The van der Waals surface area contributed by atoms with Gasteiger partial charge in [0.15, 0.2) is 0 Å². The molecule has 0 unspecified atom stereocenters. The standard InChI is InChI=1S/C13H26NO2/c1-11(2,3)16-10-8-12(4,5)14(15)13(6,7)9-10/h10H,8-9H2,1-7H3. The molecule has 1 rings (SSSR count). The van der Waals surface area contributed by atoms with Gasteiger partial charge in [0.05, 0.1) is 11.7 Å². The minimum Gasteiger partial charge on any atom is -0.372 e. The number of rotatable bonds is 1. The third kappa shape index (κ3) is 3.19. The Balaban J connectivity index is 2.79. The maximum Gasteiger partial charge on any atom is 0.0618 e. The van der Waals surface area contributed by atoms with Crippen molar-refractivity contribution >= 4 is 0 Å². The van der Waals surface area contributed by atoms with Crippen LogP contribution in [-0.4, -0.2) is 27.8 Å². The predicted molar refractivity (Wildman–Crippen MR) is 64.5 cm³/mol. The summed E-state index contributed by atoms with van der Waals surface area (Å²) < 4.78 is 6.03. The third-order valence-electron chi connectivity index (χ3n) is 3.07. The number of ether oxygens (including phenoxy) is 1. The molecule has 0 saturated carbocycles. The van der Waals surface area contributed by atoms with Gasteiger partial charge in [0.2, 0.25) is 0 Å². The third-order valence-corrected chi connectivity index (χ3v) is 3.07. The molecule has 95 valence electrons. The van der Waals surface area contributed by atoms with Crippen LogP contribution in [0.2, 0.25) is 0 Å². The van der Waals surface area contributed by atoms with E-state index >= 15 is 0 Å². The largest absolute Gasteiger partial charge is 0.372 e. The topological polar surface area (TPSA) is 32.4 Å². The van der Waals surface area contributed by atoms with E-state index in [0.717, 1.165) is 12.8 Å². The average molecular weight is 228 g/mol. The van der Waals surface area contributed by atoms with Crippen molar-refractivity contribution in [3.8, 4) is 0 Å². The Morgan fingerprint density at radius 1 is 1.06 bits per heavy atom. The molecule has 0 atom stereocenters. The number of hydrogen-bond donors (Lipinski definition) is 0. The molecule has 0 aromatic carbocycles. The van der Waals surface area contributed by atoms with Crippen molar-refractivity contribution in [3.63, 3.8) is 0 Å². The van der Waals surface area contributed by atoms with Gasteiger partial charge < -0.3 is 4.74 Å². The highest BCUT2D eigenvalue weighted by Crippen LogP contribution is 2.39. The lowest BCUT2D eigenvalue weighted by Crippen LogP contribution is -2.60. The Bertz CT molecular complexity index is 235. The summed E-state index contributed by atoms with van der Waals surface area (Å²) in [6.07, 6.45) is 1.78. The molecule has 3 nitrogen and oxygen atoms in total. The molecule has 1 heterocycles. The summed E-state index contributed by atoms with van der Waals surface area (Å²) in [6.45, 7) is 14.2. The van der Waals surface area contributed by atoms with E-state index in [2.05, 4.69) is 20.8 Å². The van der Waals surface area contributed by atoms with E-state index in [1.54, 1.807) is 0 Å². The van der Waals surface area contributed by atoms with E-state index in [1.165, 1.54) is 5.06 Å². The van der Waals surface area contributed by atoms with Gasteiger partial charge in [-0.2, -0.15) is 0 Å². The lowest BCUT2D eigenvalue weighted by molar-refractivity contribution is -0.305. The van der Waals surface area contributed by atoms with Gasteiger partial charge in [-0.05, 0) is 61.3 Å². The second kappa shape index (κ2) is 3.97. The van der Waals surface area contributed by atoms with Crippen molar-refractivity contribution in [2.75, 3.05) is 0 Å². The fourth-order valence-corrected chi connectivity index (χ4v) is 2.75. The SMILES string of the molecule is CC(C)(C)OC1CC(C)(C)N([O])C(C)(C)C1. The van der Waals surface area contributed by atoms with Gasteiger partial charge in [0.1, 0.15) is 0 Å². The van der Waals surface area contributed by atoms with Crippen LogP contribution in [0.15, 0.2) is 0 Å². The highest BCUT2D eigenvalue weighted by Gasteiger charge is 2.47. The van der Waals surface area contributed by atoms with E-state index < -0.39 is 0 Å².